The third-order valence-corrected chi connectivity index (χ3v) is 4.90. The minimum absolute atomic E-state index is 0.0637. The van der Waals surface area contributed by atoms with Crippen molar-refractivity contribution >= 4 is 5.91 Å². The lowest BCUT2D eigenvalue weighted by molar-refractivity contribution is -0.125. The second-order valence-electron chi connectivity index (χ2n) is 6.25. The molecule has 2 aliphatic heterocycles. The van der Waals surface area contributed by atoms with Crippen molar-refractivity contribution in [1.82, 2.24) is 4.90 Å². The van der Waals surface area contributed by atoms with Crippen LogP contribution in [0.5, 0.6) is 5.75 Å². The van der Waals surface area contributed by atoms with Crippen LogP contribution in [0.25, 0.3) is 0 Å². The molecule has 1 aromatic carbocycles. The molecule has 1 amide bonds. The van der Waals surface area contributed by atoms with Crippen LogP contribution in [0.2, 0.25) is 0 Å². The fourth-order valence-electron chi connectivity index (χ4n) is 3.40. The second-order valence-corrected chi connectivity index (χ2v) is 6.25. The number of rotatable bonds is 4. The number of hydrogen-bond donors (Lipinski definition) is 2. The van der Waals surface area contributed by atoms with E-state index in [2.05, 4.69) is 17.5 Å². The SMILES string of the molecule is C=CC(C1Cc2ccccc2O1)N1CCC(N)(C(N)=O)CC1. The van der Waals surface area contributed by atoms with Crippen LogP contribution >= 0.6 is 0 Å². The number of likely N-dealkylation sites (tertiary alicyclic amines) is 1. The van der Waals surface area contributed by atoms with Crippen LogP contribution in [-0.4, -0.2) is 41.6 Å². The van der Waals surface area contributed by atoms with Gasteiger partial charge in [-0.05, 0) is 24.5 Å². The number of piperidine rings is 1. The van der Waals surface area contributed by atoms with E-state index in [1.54, 1.807) is 0 Å². The highest BCUT2D eigenvalue weighted by atomic mass is 16.5. The van der Waals surface area contributed by atoms with Gasteiger partial charge in [-0.3, -0.25) is 9.69 Å². The van der Waals surface area contributed by atoms with Crippen LogP contribution in [0.15, 0.2) is 36.9 Å². The number of para-hydroxylation sites is 1. The number of ether oxygens (including phenoxy) is 1. The smallest absolute Gasteiger partial charge is 0.237 e. The topological polar surface area (TPSA) is 81.6 Å². The highest BCUT2D eigenvalue weighted by Crippen LogP contribution is 2.32. The van der Waals surface area contributed by atoms with E-state index in [9.17, 15) is 4.79 Å². The van der Waals surface area contributed by atoms with Crippen molar-refractivity contribution in [2.45, 2.75) is 36.9 Å². The molecule has 0 aliphatic carbocycles. The van der Waals surface area contributed by atoms with Gasteiger partial charge in [0.05, 0.1) is 11.6 Å². The van der Waals surface area contributed by atoms with Crippen molar-refractivity contribution in [1.29, 1.82) is 0 Å². The van der Waals surface area contributed by atoms with Crippen molar-refractivity contribution in [2.75, 3.05) is 13.1 Å². The molecule has 5 nitrogen and oxygen atoms in total. The first-order valence-electron chi connectivity index (χ1n) is 7.73. The summed E-state index contributed by atoms with van der Waals surface area (Å²) >= 11 is 0. The summed E-state index contributed by atoms with van der Waals surface area (Å²) in [6.07, 6.45) is 4.03. The quantitative estimate of drug-likeness (QED) is 0.807. The molecule has 118 valence electrons. The summed E-state index contributed by atoms with van der Waals surface area (Å²) in [5.41, 5.74) is 11.8. The molecule has 1 saturated heterocycles. The number of carbonyl (C=O) groups excluding carboxylic acids is 1. The Labute approximate surface area is 130 Å². The molecule has 0 saturated carbocycles. The Bertz CT molecular complexity index is 554. The molecule has 0 bridgehead atoms. The number of amides is 1. The molecule has 0 aromatic heterocycles. The van der Waals surface area contributed by atoms with Gasteiger partial charge in [0.1, 0.15) is 11.9 Å². The van der Waals surface area contributed by atoms with Gasteiger partial charge >= 0.3 is 0 Å². The molecule has 0 spiro atoms. The zero-order chi connectivity index (χ0) is 15.7. The Morgan fingerprint density at radius 2 is 2.09 bits per heavy atom. The summed E-state index contributed by atoms with van der Waals surface area (Å²) in [6, 6.07) is 8.24. The molecule has 2 aliphatic rings. The third-order valence-electron chi connectivity index (χ3n) is 4.90. The lowest BCUT2D eigenvalue weighted by Gasteiger charge is -2.41. The number of fused-ring (bicyclic) bond motifs is 1. The van der Waals surface area contributed by atoms with Crippen LogP contribution in [-0.2, 0) is 11.2 Å². The van der Waals surface area contributed by atoms with Gasteiger partial charge in [0.15, 0.2) is 0 Å². The van der Waals surface area contributed by atoms with Crippen molar-refractivity contribution in [2.24, 2.45) is 11.5 Å². The summed E-state index contributed by atoms with van der Waals surface area (Å²) < 4.78 is 6.08. The normalized spacial score (nSPS) is 25.0. The monoisotopic (exact) mass is 301 g/mol. The standard InChI is InChI=1S/C17H23N3O2/c1-2-13(15-11-12-5-3-4-6-14(12)22-15)20-9-7-17(19,8-10-20)16(18)21/h2-6,13,15H,1,7-11,19H2,(H2,18,21). The molecular weight excluding hydrogens is 278 g/mol. The zero-order valence-electron chi connectivity index (χ0n) is 12.7. The van der Waals surface area contributed by atoms with Gasteiger partial charge in [0.25, 0.3) is 0 Å². The Balaban J connectivity index is 1.67. The number of primary amides is 1. The number of nitrogens with zero attached hydrogens (tertiary/aromatic N) is 1. The third kappa shape index (κ3) is 2.62. The average Bonchev–Trinajstić information content (AvgIpc) is 2.93. The van der Waals surface area contributed by atoms with Gasteiger partial charge in [-0.25, -0.2) is 0 Å². The van der Waals surface area contributed by atoms with Gasteiger partial charge in [0.2, 0.25) is 5.91 Å². The molecule has 2 heterocycles. The molecule has 4 N–H and O–H groups in total. The van der Waals surface area contributed by atoms with Gasteiger partial charge < -0.3 is 16.2 Å². The summed E-state index contributed by atoms with van der Waals surface area (Å²) in [5.74, 6) is 0.550. The largest absolute Gasteiger partial charge is 0.488 e. The molecule has 22 heavy (non-hydrogen) atoms. The van der Waals surface area contributed by atoms with E-state index in [0.29, 0.717) is 12.8 Å². The predicted octanol–water partition coefficient (Wildman–Crippen LogP) is 0.823. The van der Waals surface area contributed by atoms with Crippen molar-refractivity contribution in [3.8, 4) is 5.75 Å². The van der Waals surface area contributed by atoms with Crippen molar-refractivity contribution < 1.29 is 9.53 Å². The van der Waals surface area contributed by atoms with E-state index in [1.165, 1.54) is 5.56 Å². The summed E-state index contributed by atoms with van der Waals surface area (Å²) in [6.45, 7) is 5.43. The predicted molar refractivity (Wildman–Crippen MR) is 85.5 cm³/mol. The maximum atomic E-state index is 11.5. The van der Waals surface area contributed by atoms with E-state index in [0.717, 1.165) is 25.3 Å². The lowest BCUT2D eigenvalue weighted by atomic mass is 9.86. The Hall–Kier alpha value is -1.85. The van der Waals surface area contributed by atoms with Crippen LogP contribution in [0.3, 0.4) is 0 Å². The molecule has 0 radical (unpaired) electrons. The molecule has 1 fully saturated rings. The van der Waals surface area contributed by atoms with Crippen LogP contribution in [0, 0.1) is 0 Å². The molecular formula is C17H23N3O2. The Morgan fingerprint density at radius 3 is 2.68 bits per heavy atom. The fraction of sp³-hybridized carbons (Fsp3) is 0.471. The Kier molecular flexibility index (Phi) is 3.93. The van der Waals surface area contributed by atoms with E-state index in [1.807, 2.05) is 24.3 Å². The maximum Gasteiger partial charge on any atom is 0.237 e. The van der Waals surface area contributed by atoms with E-state index in [4.69, 9.17) is 16.2 Å². The lowest BCUT2D eigenvalue weighted by Crippen LogP contribution is -2.60. The first-order chi connectivity index (χ1) is 10.5. The summed E-state index contributed by atoms with van der Waals surface area (Å²) in [4.78, 5) is 13.8. The van der Waals surface area contributed by atoms with E-state index in [-0.39, 0.29) is 12.1 Å². The van der Waals surface area contributed by atoms with E-state index >= 15 is 0 Å². The molecule has 2 atom stereocenters. The summed E-state index contributed by atoms with van der Waals surface area (Å²) in [7, 11) is 0. The zero-order valence-corrected chi connectivity index (χ0v) is 12.7. The van der Waals surface area contributed by atoms with Crippen molar-refractivity contribution in [3.63, 3.8) is 0 Å². The minimum atomic E-state index is -0.873. The molecule has 3 rings (SSSR count). The second kappa shape index (κ2) is 5.74. The van der Waals surface area contributed by atoms with Gasteiger partial charge in [-0.15, -0.1) is 6.58 Å². The average molecular weight is 301 g/mol. The highest BCUT2D eigenvalue weighted by molar-refractivity contribution is 5.84. The summed E-state index contributed by atoms with van der Waals surface area (Å²) in [5, 5.41) is 0. The van der Waals surface area contributed by atoms with Crippen molar-refractivity contribution in [3.05, 3.63) is 42.5 Å². The van der Waals surface area contributed by atoms with Crippen LogP contribution in [0.4, 0.5) is 0 Å². The van der Waals surface area contributed by atoms with Gasteiger partial charge in [0, 0.05) is 19.5 Å². The number of nitrogens with two attached hydrogens (primary N) is 2. The number of hydrogen-bond acceptors (Lipinski definition) is 4. The number of benzene rings is 1. The van der Waals surface area contributed by atoms with E-state index < -0.39 is 11.4 Å². The van der Waals surface area contributed by atoms with Gasteiger partial charge in [-0.1, -0.05) is 24.3 Å². The van der Waals surface area contributed by atoms with Crippen LogP contribution < -0.4 is 16.2 Å². The first-order valence-corrected chi connectivity index (χ1v) is 7.73. The fourth-order valence-corrected chi connectivity index (χ4v) is 3.40. The van der Waals surface area contributed by atoms with Gasteiger partial charge in [-0.2, -0.15) is 0 Å². The molecule has 1 aromatic rings. The first kappa shape index (κ1) is 15.1. The Morgan fingerprint density at radius 1 is 1.41 bits per heavy atom. The number of carbonyl (C=O) groups is 1. The molecule has 5 heteroatoms. The maximum absolute atomic E-state index is 11.5. The highest BCUT2D eigenvalue weighted by Gasteiger charge is 2.40. The van der Waals surface area contributed by atoms with Crippen LogP contribution in [0.1, 0.15) is 18.4 Å². The minimum Gasteiger partial charge on any atom is -0.488 e. The molecule has 2 unspecified atom stereocenters.